The quantitative estimate of drug-likeness (QED) is 0.857. The molecule has 2 atom stereocenters. The Balaban J connectivity index is 1.98. The first-order valence-electron chi connectivity index (χ1n) is 6.56. The first-order chi connectivity index (χ1) is 9.51. The van der Waals surface area contributed by atoms with E-state index in [-0.39, 0.29) is 11.1 Å². The Morgan fingerprint density at radius 1 is 1.55 bits per heavy atom. The van der Waals surface area contributed by atoms with E-state index < -0.39 is 21.0 Å². The topological polar surface area (TPSA) is 85.4 Å². The molecule has 0 spiro atoms. The van der Waals surface area contributed by atoms with Crippen LogP contribution >= 0.6 is 0 Å². The SMILES string of the molecule is C[C@H](C(=O)NC[C@H]1CCCO1)S(=O)(=O)c1ccccn1. The lowest BCUT2D eigenvalue weighted by Crippen LogP contribution is -2.41. The van der Waals surface area contributed by atoms with Crippen LogP contribution < -0.4 is 5.32 Å². The summed E-state index contributed by atoms with van der Waals surface area (Å²) in [5, 5.41) is 1.38. The van der Waals surface area contributed by atoms with Gasteiger partial charge in [-0.05, 0) is 31.9 Å². The van der Waals surface area contributed by atoms with Gasteiger partial charge in [-0.3, -0.25) is 4.79 Å². The molecule has 6 nitrogen and oxygen atoms in total. The van der Waals surface area contributed by atoms with E-state index in [1.54, 1.807) is 12.1 Å². The highest BCUT2D eigenvalue weighted by molar-refractivity contribution is 7.92. The van der Waals surface area contributed by atoms with E-state index in [4.69, 9.17) is 4.74 Å². The molecule has 110 valence electrons. The summed E-state index contributed by atoms with van der Waals surface area (Å²) in [6.07, 6.45) is 3.25. The van der Waals surface area contributed by atoms with Gasteiger partial charge in [0.25, 0.3) is 0 Å². The average Bonchev–Trinajstić information content (AvgIpc) is 2.98. The Morgan fingerprint density at radius 3 is 2.95 bits per heavy atom. The summed E-state index contributed by atoms with van der Waals surface area (Å²) in [6, 6.07) is 4.59. The molecular weight excluding hydrogens is 280 g/mol. The van der Waals surface area contributed by atoms with Gasteiger partial charge in [0, 0.05) is 19.3 Å². The van der Waals surface area contributed by atoms with Crippen molar-refractivity contribution >= 4 is 15.7 Å². The van der Waals surface area contributed by atoms with Crippen LogP contribution in [0.25, 0.3) is 0 Å². The fourth-order valence-corrected chi connectivity index (χ4v) is 3.20. The molecule has 1 aromatic rings. The summed E-state index contributed by atoms with van der Waals surface area (Å²) in [6.45, 7) is 2.41. The average molecular weight is 298 g/mol. The number of hydrogen-bond donors (Lipinski definition) is 1. The molecule has 2 rings (SSSR count). The molecule has 0 unspecified atom stereocenters. The third-order valence-corrected chi connectivity index (χ3v) is 5.26. The van der Waals surface area contributed by atoms with Crippen LogP contribution in [0.1, 0.15) is 19.8 Å². The van der Waals surface area contributed by atoms with Crippen molar-refractivity contribution < 1.29 is 17.9 Å². The Morgan fingerprint density at radius 2 is 2.35 bits per heavy atom. The maximum atomic E-state index is 12.2. The van der Waals surface area contributed by atoms with Crippen molar-refractivity contribution in [1.29, 1.82) is 0 Å². The van der Waals surface area contributed by atoms with Gasteiger partial charge in [-0.2, -0.15) is 0 Å². The van der Waals surface area contributed by atoms with Gasteiger partial charge in [-0.25, -0.2) is 13.4 Å². The number of aromatic nitrogens is 1. The van der Waals surface area contributed by atoms with Crippen molar-refractivity contribution in [2.24, 2.45) is 0 Å². The van der Waals surface area contributed by atoms with Crippen LogP contribution in [0, 0.1) is 0 Å². The molecule has 20 heavy (non-hydrogen) atoms. The van der Waals surface area contributed by atoms with Crippen molar-refractivity contribution in [2.75, 3.05) is 13.2 Å². The van der Waals surface area contributed by atoms with E-state index in [2.05, 4.69) is 10.3 Å². The van der Waals surface area contributed by atoms with Crippen molar-refractivity contribution in [3.8, 4) is 0 Å². The van der Waals surface area contributed by atoms with E-state index in [0.717, 1.165) is 12.8 Å². The highest BCUT2D eigenvalue weighted by Gasteiger charge is 2.31. The number of amides is 1. The molecule has 1 amide bonds. The summed E-state index contributed by atoms with van der Waals surface area (Å²) in [5.41, 5.74) is 0. The number of ether oxygens (including phenoxy) is 1. The second kappa shape index (κ2) is 6.32. The number of carbonyl (C=O) groups excluding carboxylic acids is 1. The molecule has 1 aliphatic rings. The Kier molecular flexibility index (Phi) is 4.72. The smallest absolute Gasteiger partial charge is 0.238 e. The van der Waals surface area contributed by atoms with E-state index in [0.29, 0.717) is 13.2 Å². The monoisotopic (exact) mass is 298 g/mol. The zero-order valence-corrected chi connectivity index (χ0v) is 12.1. The molecule has 2 heterocycles. The maximum absolute atomic E-state index is 12.2. The fraction of sp³-hybridized carbons (Fsp3) is 0.538. The zero-order valence-electron chi connectivity index (χ0n) is 11.3. The number of sulfone groups is 1. The number of hydrogen-bond acceptors (Lipinski definition) is 5. The number of pyridine rings is 1. The van der Waals surface area contributed by atoms with Gasteiger partial charge >= 0.3 is 0 Å². The first kappa shape index (κ1) is 14.9. The Labute approximate surface area is 118 Å². The molecule has 0 bridgehead atoms. The molecule has 0 saturated carbocycles. The van der Waals surface area contributed by atoms with Crippen LogP contribution in [-0.2, 0) is 19.4 Å². The summed E-state index contributed by atoms with van der Waals surface area (Å²) < 4.78 is 29.8. The molecule has 1 fully saturated rings. The van der Waals surface area contributed by atoms with Crippen LogP contribution in [0.3, 0.4) is 0 Å². The van der Waals surface area contributed by atoms with Crippen molar-refractivity contribution in [3.05, 3.63) is 24.4 Å². The van der Waals surface area contributed by atoms with E-state index in [9.17, 15) is 13.2 Å². The van der Waals surface area contributed by atoms with Gasteiger partial charge in [0.2, 0.25) is 15.7 Å². The summed E-state index contributed by atoms with van der Waals surface area (Å²) >= 11 is 0. The molecule has 7 heteroatoms. The molecular formula is C13H18N2O4S. The van der Waals surface area contributed by atoms with E-state index in [1.165, 1.54) is 19.2 Å². The van der Waals surface area contributed by atoms with Crippen molar-refractivity contribution in [2.45, 2.75) is 36.1 Å². The summed E-state index contributed by atoms with van der Waals surface area (Å²) in [7, 11) is -3.75. The van der Waals surface area contributed by atoms with E-state index >= 15 is 0 Å². The van der Waals surface area contributed by atoms with Crippen LogP contribution in [-0.4, -0.2) is 43.8 Å². The van der Waals surface area contributed by atoms with Crippen LogP contribution in [0.4, 0.5) is 0 Å². The van der Waals surface area contributed by atoms with Gasteiger partial charge in [0.05, 0.1) is 6.10 Å². The minimum Gasteiger partial charge on any atom is -0.376 e. The highest BCUT2D eigenvalue weighted by Crippen LogP contribution is 2.14. The Bertz CT molecular complexity index is 553. The van der Waals surface area contributed by atoms with Gasteiger partial charge in [-0.1, -0.05) is 6.07 Å². The minimum atomic E-state index is -3.75. The second-order valence-corrected chi connectivity index (χ2v) is 6.95. The van der Waals surface area contributed by atoms with Crippen molar-refractivity contribution in [3.63, 3.8) is 0 Å². The molecule has 0 aliphatic carbocycles. The van der Waals surface area contributed by atoms with Crippen LogP contribution in [0.2, 0.25) is 0 Å². The Hall–Kier alpha value is -1.47. The van der Waals surface area contributed by atoms with Gasteiger partial charge in [-0.15, -0.1) is 0 Å². The number of rotatable bonds is 5. The summed E-state index contributed by atoms with van der Waals surface area (Å²) in [4.78, 5) is 15.7. The fourth-order valence-electron chi connectivity index (χ4n) is 2.00. The van der Waals surface area contributed by atoms with E-state index in [1.807, 2.05) is 0 Å². The van der Waals surface area contributed by atoms with Crippen molar-refractivity contribution in [1.82, 2.24) is 10.3 Å². The maximum Gasteiger partial charge on any atom is 0.238 e. The normalized spacial score (nSPS) is 20.6. The zero-order chi connectivity index (χ0) is 14.6. The molecule has 1 N–H and O–H groups in total. The molecule has 0 aromatic carbocycles. The lowest BCUT2D eigenvalue weighted by molar-refractivity contribution is -0.120. The number of carbonyl (C=O) groups is 1. The second-order valence-electron chi connectivity index (χ2n) is 4.74. The third kappa shape index (κ3) is 3.34. The number of nitrogens with zero attached hydrogens (tertiary/aromatic N) is 1. The lowest BCUT2D eigenvalue weighted by Gasteiger charge is -2.15. The number of nitrogens with one attached hydrogen (secondary N) is 1. The predicted octanol–water partition coefficient (Wildman–Crippen LogP) is 0.539. The van der Waals surface area contributed by atoms with Gasteiger partial charge in [0.1, 0.15) is 5.25 Å². The van der Waals surface area contributed by atoms with Gasteiger partial charge in [0.15, 0.2) is 5.03 Å². The molecule has 0 radical (unpaired) electrons. The lowest BCUT2D eigenvalue weighted by atomic mass is 10.2. The third-order valence-electron chi connectivity index (χ3n) is 3.29. The first-order valence-corrected chi connectivity index (χ1v) is 8.10. The van der Waals surface area contributed by atoms with Gasteiger partial charge < -0.3 is 10.1 Å². The van der Waals surface area contributed by atoms with Crippen LogP contribution in [0.15, 0.2) is 29.4 Å². The predicted molar refractivity (Wildman–Crippen MR) is 72.9 cm³/mol. The highest BCUT2D eigenvalue weighted by atomic mass is 32.2. The molecule has 1 aliphatic heterocycles. The molecule has 1 aromatic heterocycles. The largest absolute Gasteiger partial charge is 0.376 e. The van der Waals surface area contributed by atoms with Crippen LogP contribution in [0.5, 0.6) is 0 Å². The molecule has 1 saturated heterocycles. The minimum absolute atomic E-state index is 0.0105. The summed E-state index contributed by atoms with van der Waals surface area (Å²) in [5.74, 6) is -0.522. The standard InChI is InChI=1S/C13H18N2O4S/c1-10(13(16)15-9-11-5-4-8-19-11)20(17,18)12-6-2-3-7-14-12/h2-3,6-7,10-11H,4-5,8-9H2,1H3,(H,15,16)/t10-,11-/m1/s1.